The summed E-state index contributed by atoms with van der Waals surface area (Å²) in [6.45, 7) is 6.40. The number of unbranched alkanes of at least 4 members (excludes halogenated alkanes) is 1. The van der Waals surface area contributed by atoms with Crippen LogP contribution in [0.4, 0.5) is 13.2 Å². The van der Waals surface area contributed by atoms with Gasteiger partial charge >= 0.3 is 12.1 Å². The van der Waals surface area contributed by atoms with Gasteiger partial charge in [0.25, 0.3) is 5.91 Å². The molecule has 0 aromatic rings. The third kappa shape index (κ3) is 3.86. The first-order valence-corrected chi connectivity index (χ1v) is 8.43. The van der Waals surface area contributed by atoms with Gasteiger partial charge in [-0.25, -0.2) is 4.79 Å². The zero-order valence-electron chi connectivity index (χ0n) is 15.6. The van der Waals surface area contributed by atoms with Gasteiger partial charge in [0.05, 0.1) is 7.11 Å². The monoisotopic (exact) mass is 378 g/mol. The molecule has 0 saturated heterocycles. The molecule has 9 heteroatoms. The number of esters is 1. The highest BCUT2D eigenvalue weighted by Gasteiger charge is 2.70. The zero-order valence-corrected chi connectivity index (χ0v) is 15.6. The van der Waals surface area contributed by atoms with Crippen LogP contribution in [0.15, 0.2) is 11.3 Å². The largest absolute Gasteiger partial charge is 0.466 e. The molecule has 2 amide bonds. The van der Waals surface area contributed by atoms with E-state index < -0.39 is 35.1 Å². The lowest BCUT2D eigenvalue weighted by molar-refractivity contribution is -0.196. The molecular weight excluding hydrogens is 353 g/mol. The van der Waals surface area contributed by atoms with E-state index in [4.69, 9.17) is 0 Å². The van der Waals surface area contributed by atoms with Crippen molar-refractivity contribution in [3.05, 3.63) is 11.3 Å². The van der Waals surface area contributed by atoms with Gasteiger partial charge in [0.1, 0.15) is 5.57 Å². The quantitative estimate of drug-likeness (QED) is 0.691. The minimum absolute atomic E-state index is 0.0134. The smallest absolute Gasteiger partial charge is 0.425 e. The summed E-state index contributed by atoms with van der Waals surface area (Å²) in [7, 11) is 0.929. The highest BCUT2D eigenvalue weighted by Crippen LogP contribution is 2.45. The van der Waals surface area contributed by atoms with Crippen molar-refractivity contribution in [2.75, 3.05) is 13.7 Å². The second-order valence-electron chi connectivity index (χ2n) is 6.66. The average Bonchev–Trinajstić information content (AvgIpc) is 2.72. The Labute approximate surface area is 150 Å². The molecule has 0 fully saturated rings. The number of carbonyl (C=O) groups excluding carboxylic acids is 3. The van der Waals surface area contributed by atoms with Crippen molar-refractivity contribution in [1.29, 1.82) is 0 Å². The summed E-state index contributed by atoms with van der Waals surface area (Å²) in [5, 5.41) is 1.80. The predicted octanol–water partition coefficient (Wildman–Crippen LogP) is 2.54. The first-order valence-electron chi connectivity index (χ1n) is 8.43. The van der Waals surface area contributed by atoms with Gasteiger partial charge in [0, 0.05) is 18.7 Å². The van der Waals surface area contributed by atoms with Gasteiger partial charge < -0.3 is 15.0 Å². The van der Waals surface area contributed by atoms with Crippen LogP contribution in [0.5, 0.6) is 0 Å². The number of ether oxygens (including phenoxy) is 1. The molecule has 0 spiro atoms. The van der Waals surface area contributed by atoms with E-state index in [1.807, 2.05) is 6.92 Å². The Morgan fingerprint density at radius 1 is 1.31 bits per heavy atom. The summed E-state index contributed by atoms with van der Waals surface area (Å²) in [5.74, 6) is -3.86. The molecule has 0 saturated carbocycles. The SMILES string of the molecule is CCCCN1C(=O)C(NC(=O)CC(C)C)(C(F)(F)F)C(C(=O)OC)=C1C. The molecule has 148 valence electrons. The van der Waals surface area contributed by atoms with Crippen molar-refractivity contribution in [3.8, 4) is 0 Å². The fourth-order valence-corrected chi connectivity index (χ4v) is 2.94. The zero-order chi connectivity index (χ0) is 20.3. The Morgan fingerprint density at radius 2 is 1.88 bits per heavy atom. The maximum Gasteiger partial charge on any atom is 0.425 e. The van der Waals surface area contributed by atoms with Gasteiger partial charge in [-0.3, -0.25) is 9.59 Å². The van der Waals surface area contributed by atoms with E-state index >= 15 is 0 Å². The van der Waals surface area contributed by atoms with Crippen LogP contribution in [0.25, 0.3) is 0 Å². The van der Waals surface area contributed by atoms with Crippen LogP contribution in [0.1, 0.15) is 47.0 Å². The molecule has 0 bridgehead atoms. The molecule has 0 aromatic heterocycles. The van der Waals surface area contributed by atoms with Crippen molar-refractivity contribution in [2.24, 2.45) is 5.92 Å². The Kier molecular flexibility index (Phi) is 6.84. The van der Waals surface area contributed by atoms with E-state index in [1.165, 1.54) is 6.92 Å². The number of nitrogens with zero attached hydrogens (tertiary/aromatic N) is 1. The fraction of sp³-hybridized carbons (Fsp3) is 0.706. The number of rotatable bonds is 7. The Morgan fingerprint density at radius 3 is 2.31 bits per heavy atom. The number of halogens is 3. The number of allylic oxidation sites excluding steroid dienone is 1. The standard InChI is InChI=1S/C17H25F3N2O4/c1-6-7-8-22-11(4)13(14(24)26-5)16(15(22)25,17(18,19)20)21-12(23)9-10(2)3/h10H,6-9H2,1-5H3,(H,21,23). The maximum absolute atomic E-state index is 14.1. The van der Waals surface area contributed by atoms with Crippen molar-refractivity contribution >= 4 is 17.8 Å². The molecule has 1 aliphatic heterocycles. The summed E-state index contributed by atoms with van der Waals surface area (Å²) < 4.78 is 46.7. The number of amides is 2. The van der Waals surface area contributed by atoms with Crippen molar-refractivity contribution in [1.82, 2.24) is 10.2 Å². The normalized spacial score (nSPS) is 20.8. The summed E-state index contributed by atoms with van der Waals surface area (Å²) in [4.78, 5) is 38.0. The van der Waals surface area contributed by atoms with Gasteiger partial charge in [0.15, 0.2) is 0 Å². The fourth-order valence-electron chi connectivity index (χ4n) is 2.94. The number of hydrogen-bond acceptors (Lipinski definition) is 4. The molecule has 0 aliphatic carbocycles. The average molecular weight is 378 g/mol. The van der Waals surface area contributed by atoms with Crippen LogP contribution in [0, 0.1) is 5.92 Å². The molecule has 1 unspecified atom stereocenters. The molecule has 1 atom stereocenters. The predicted molar refractivity (Wildman–Crippen MR) is 87.7 cm³/mol. The minimum Gasteiger partial charge on any atom is -0.466 e. The maximum atomic E-state index is 14.1. The molecule has 6 nitrogen and oxygen atoms in total. The van der Waals surface area contributed by atoms with Crippen LogP contribution in [-0.2, 0) is 19.1 Å². The van der Waals surface area contributed by atoms with Gasteiger partial charge in [-0.1, -0.05) is 27.2 Å². The second-order valence-corrected chi connectivity index (χ2v) is 6.66. The van der Waals surface area contributed by atoms with Crippen LogP contribution < -0.4 is 5.32 Å². The Hall–Kier alpha value is -2.06. The van der Waals surface area contributed by atoms with E-state index in [-0.39, 0.29) is 24.6 Å². The van der Waals surface area contributed by atoms with Crippen molar-refractivity contribution in [3.63, 3.8) is 0 Å². The third-order valence-electron chi connectivity index (χ3n) is 4.18. The van der Waals surface area contributed by atoms with Crippen LogP contribution in [0.3, 0.4) is 0 Å². The second kappa shape index (κ2) is 8.09. The van der Waals surface area contributed by atoms with E-state index in [9.17, 15) is 27.6 Å². The van der Waals surface area contributed by atoms with Crippen molar-refractivity contribution in [2.45, 2.75) is 58.7 Å². The highest BCUT2D eigenvalue weighted by atomic mass is 19.4. The third-order valence-corrected chi connectivity index (χ3v) is 4.18. The lowest BCUT2D eigenvalue weighted by Gasteiger charge is -2.33. The summed E-state index contributed by atoms with van der Waals surface area (Å²) in [5.41, 5.74) is -4.47. The van der Waals surface area contributed by atoms with Crippen molar-refractivity contribution < 1.29 is 32.3 Å². The minimum atomic E-state index is -5.21. The number of methoxy groups -OCH3 is 1. The molecular formula is C17H25F3N2O4. The molecule has 1 N–H and O–H groups in total. The Bertz CT molecular complexity index is 614. The van der Waals surface area contributed by atoms with E-state index in [0.717, 1.165) is 12.0 Å². The van der Waals surface area contributed by atoms with E-state index in [0.29, 0.717) is 12.8 Å². The van der Waals surface area contributed by atoms with E-state index in [1.54, 1.807) is 19.2 Å². The van der Waals surface area contributed by atoms with Gasteiger partial charge in [-0.15, -0.1) is 0 Å². The summed E-state index contributed by atoms with van der Waals surface area (Å²) >= 11 is 0. The molecule has 0 radical (unpaired) electrons. The summed E-state index contributed by atoms with van der Waals surface area (Å²) in [6.07, 6.45) is -4.33. The van der Waals surface area contributed by atoms with Gasteiger partial charge in [0.2, 0.25) is 11.4 Å². The number of hydrogen-bond donors (Lipinski definition) is 1. The molecule has 1 heterocycles. The number of alkyl halides is 3. The Balaban J connectivity index is 3.55. The van der Waals surface area contributed by atoms with E-state index in [2.05, 4.69) is 4.74 Å². The first-order chi connectivity index (χ1) is 11.9. The molecule has 1 rings (SSSR count). The number of carbonyl (C=O) groups is 3. The molecule has 0 aromatic carbocycles. The van der Waals surface area contributed by atoms with Gasteiger partial charge in [-0.2, -0.15) is 13.2 Å². The lowest BCUT2D eigenvalue weighted by atomic mass is 9.88. The van der Waals surface area contributed by atoms with Gasteiger partial charge in [-0.05, 0) is 19.3 Å². The van der Waals surface area contributed by atoms with Crippen LogP contribution >= 0.6 is 0 Å². The van der Waals surface area contributed by atoms with Crippen LogP contribution in [0.2, 0.25) is 0 Å². The number of nitrogens with one attached hydrogen (secondary N) is 1. The lowest BCUT2D eigenvalue weighted by Crippen LogP contribution is -2.66. The highest BCUT2D eigenvalue weighted by molar-refractivity contribution is 6.10. The topological polar surface area (TPSA) is 75.7 Å². The van der Waals surface area contributed by atoms with Crippen LogP contribution in [-0.4, -0.2) is 48.1 Å². The first kappa shape index (κ1) is 22.0. The molecule has 1 aliphatic rings. The summed E-state index contributed by atoms with van der Waals surface area (Å²) in [6, 6.07) is 0. The molecule has 26 heavy (non-hydrogen) atoms.